The molecule has 3 rings (SSSR count). The summed E-state index contributed by atoms with van der Waals surface area (Å²) in [7, 11) is 0. The Bertz CT molecular complexity index is 1040. The first-order valence-electron chi connectivity index (χ1n) is 8.77. The van der Waals surface area contributed by atoms with Crippen molar-refractivity contribution >= 4 is 23.2 Å². The predicted octanol–water partition coefficient (Wildman–Crippen LogP) is 4.59. The van der Waals surface area contributed by atoms with E-state index in [0.29, 0.717) is 16.8 Å². The van der Waals surface area contributed by atoms with E-state index in [1.165, 1.54) is 12.1 Å². The Hall–Kier alpha value is -3.13. The normalized spacial score (nSPS) is 12.6. The van der Waals surface area contributed by atoms with Gasteiger partial charge in [0, 0.05) is 12.1 Å². The highest BCUT2D eigenvalue weighted by atomic mass is 35.5. The summed E-state index contributed by atoms with van der Waals surface area (Å²) in [6.07, 6.45) is 0.120. The summed E-state index contributed by atoms with van der Waals surface area (Å²) in [5.74, 6) is -0.569. The van der Waals surface area contributed by atoms with Crippen LogP contribution in [0.15, 0.2) is 72.8 Å². The number of carbonyl (C=O) groups excluding carboxylic acids is 1. The van der Waals surface area contributed by atoms with Crippen molar-refractivity contribution in [1.29, 1.82) is 5.26 Å². The first kappa shape index (κ1) is 19.6. The molecule has 0 aliphatic rings. The van der Waals surface area contributed by atoms with Crippen LogP contribution in [0.2, 0.25) is 5.02 Å². The van der Waals surface area contributed by atoms with Gasteiger partial charge in [0.05, 0.1) is 10.6 Å². The van der Waals surface area contributed by atoms with Crippen LogP contribution in [-0.4, -0.2) is 11.0 Å². The number of hydrogen-bond donors (Lipinski definition) is 2. The van der Waals surface area contributed by atoms with Crippen LogP contribution in [0.25, 0.3) is 0 Å². The maximum Gasteiger partial charge on any atom is 0.261 e. The van der Waals surface area contributed by atoms with Crippen molar-refractivity contribution in [3.63, 3.8) is 0 Å². The van der Waals surface area contributed by atoms with Gasteiger partial charge in [-0.25, -0.2) is 0 Å². The molecule has 0 saturated heterocycles. The Labute approximate surface area is 169 Å². The fourth-order valence-electron chi connectivity index (χ4n) is 3.06. The van der Waals surface area contributed by atoms with Crippen LogP contribution in [0.1, 0.15) is 22.3 Å². The highest BCUT2D eigenvalue weighted by molar-refractivity contribution is 6.32. The summed E-state index contributed by atoms with van der Waals surface area (Å²) in [5.41, 5.74) is 1.35. The number of amides is 1. The molecule has 0 heterocycles. The van der Waals surface area contributed by atoms with Gasteiger partial charge in [-0.05, 0) is 36.2 Å². The molecule has 1 unspecified atom stereocenters. The largest absolute Gasteiger partial charge is 0.375 e. The third kappa shape index (κ3) is 4.23. The number of aryl methyl sites for hydroxylation is 1. The van der Waals surface area contributed by atoms with Crippen LogP contribution in [0, 0.1) is 18.3 Å². The van der Waals surface area contributed by atoms with Gasteiger partial charge in [-0.3, -0.25) is 4.79 Å². The zero-order valence-corrected chi connectivity index (χ0v) is 16.1. The Morgan fingerprint density at radius 1 is 1.11 bits per heavy atom. The summed E-state index contributed by atoms with van der Waals surface area (Å²) < 4.78 is 0. The molecule has 2 N–H and O–H groups in total. The third-order valence-corrected chi connectivity index (χ3v) is 4.83. The number of nitrogens with one attached hydrogen (secondary N) is 1. The molecule has 3 aromatic rings. The van der Waals surface area contributed by atoms with Crippen LogP contribution in [-0.2, 0) is 16.8 Å². The number of anilines is 1. The third-order valence-electron chi connectivity index (χ3n) is 4.52. The summed E-state index contributed by atoms with van der Waals surface area (Å²) in [5, 5.41) is 23.4. The second kappa shape index (κ2) is 8.26. The molecule has 3 aromatic carbocycles. The summed E-state index contributed by atoms with van der Waals surface area (Å²) in [6, 6.07) is 23.1. The van der Waals surface area contributed by atoms with E-state index in [1.807, 2.05) is 43.3 Å². The number of rotatable bonds is 5. The lowest BCUT2D eigenvalue weighted by Gasteiger charge is -2.28. The van der Waals surface area contributed by atoms with Crippen LogP contribution in [0.3, 0.4) is 0 Å². The molecular formula is C23H19ClN2O2. The maximum atomic E-state index is 13.1. The molecule has 5 heteroatoms. The predicted molar refractivity (Wildman–Crippen MR) is 110 cm³/mol. The van der Waals surface area contributed by atoms with Gasteiger partial charge in [-0.1, -0.05) is 71.8 Å². The number of nitrogens with zero attached hydrogens (tertiary/aromatic N) is 1. The van der Waals surface area contributed by atoms with E-state index in [1.54, 1.807) is 30.3 Å². The fourth-order valence-corrected chi connectivity index (χ4v) is 3.29. The first-order chi connectivity index (χ1) is 13.4. The van der Waals surface area contributed by atoms with E-state index in [4.69, 9.17) is 16.9 Å². The van der Waals surface area contributed by atoms with Gasteiger partial charge in [0.2, 0.25) is 0 Å². The van der Waals surface area contributed by atoms with Gasteiger partial charge in [-0.2, -0.15) is 5.26 Å². The standard InChI is InChI=1S/C23H19ClN2O2/c1-16-6-5-7-17(12-16)14-23(28,19-8-3-2-4-9-19)22(27)26-20-11-10-18(15-25)21(24)13-20/h2-13,28H,14H2,1H3,(H,26,27). The molecule has 0 spiro atoms. The molecule has 0 fully saturated rings. The highest BCUT2D eigenvalue weighted by Gasteiger charge is 2.38. The van der Waals surface area contributed by atoms with Gasteiger partial charge in [0.15, 0.2) is 5.60 Å². The molecule has 0 aliphatic heterocycles. The number of carbonyl (C=O) groups is 1. The molecule has 1 amide bonds. The van der Waals surface area contributed by atoms with Crippen molar-refractivity contribution in [2.45, 2.75) is 18.9 Å². The Morgan fingerprint density at radius 3 is 2.50 bits per heavy atom. The molecule has 140 valence electrons. The van der Waals surface area contributed by atoms with Gasteiger partial charge in [0.25, 0.3) is 5.91 Å². The van der Waals surface area contributed by atoms with Crippen LogP contribution >= 0.6 is 11.6 Å². The zero-order chi connectivity index (χ0) is 20.1. The minimum Gasteiger partial charge on any atom is -0.375 e. The van der Waals surface area contributed by atoms with Crippen LogP contribution in [0.4, 0.5) is 5.69 Å². The average Bonchev–Trinajstić information content (AvgIpc) is 2.68. The van der Waals surface area contributed by atoms with Gasteiger partial charge in [0.1, 0.15) is 6.07 Å². The van der Waals surface area contributed by atoms with Crippen molar-refractivity contribution in [3.05, 3.63) is 100 Å². The lowest BCUT2D eigenvalue weighted by molar-refractivity contribution is -0.135. The van der Waals surface area contributed by atoms with Crippen LogP contribution in [0.5, 0.6) is 0 Å². The van der Waals surface area contributed by atoms with Crippen molar-refractivity contribution in [2.24, 2.45) is 0 Å². The summed E-state index contributed by atoms with van der Waals surface area (Å²) >= 11 is 6.06. The van der Waals surface area contributed by atoms with E-state index in [2.05, 4.69) is 5.32 Å². The molecule has 28 heavy (non-hydrogen) atoms. The first-order valence-corrected chi connectivity index (χ1v) is 9.15. The monoisotopic (exact) mass is 390 g/mol. The number of aliphatic hydroxyl groups is 1. The molecule has 0 radical (unpaired) electrons. The lowest BCUT2D eigenvalue weighted by Crippen LogP contribution is -2.42. The number of nitriles is 1. The smallest absolute Gasteiger partial charge is 0.261 e. The van der Waals surface area contributed by atoms with Gasteiger partial charge >= 0.3 is 0 Å². The van der Waals surface area contributed by atoms with E-state index >= 15 is 0 Å². The molecule has 4 nitrogen and oxygen atoms in total. The second-order valence-electron chi connectivity index (χ2n) is 6.65. The molecule has 0 bridgehead atoms. The topological polar surface area (TPSA) is 73.1 Å². The average molecular weight is 391 g/mol. The van der Waals surface area contributed by atoms with Crippen LogP contribution < -0.4 is 5.32 Å². The SMILES string of the molecule is Cc1cccc(CC(O)(C(=O)Nc2ccc(C#N)c(Cl)c2)c2ccccc2)c1. The Balaban J connectivity index is 1.95. The van der Waals surface area contributed by atoms with Gasteiger partial charge in [-0.15, -0.1) is 0 Å². The molecule has 0 aromatic heterocycles. The van der Waals surface area contributed by atoms with E-state index in [-0.39, 0.29) is 11.4 Å². The van der Waals surface area contributed by atoms with Crippen molar-refractivity contribution < 1.29 is 9.90 Å². The quantitative estimate of drug-likeness (QED) is 0.669. The Morgan fingerprint density at radius 2 is 1.86 bits per heavy atom. The zero-order valence-electron chi connectivity index (χ0n) is 15.3. The lowest BCUT2D eigenvalue weighted by atomic mass is 9.86. The van der Waals surface area contributed by atoms with Crippen molar-refractivity contribution in [1.82, 2.24) is 0 Å². The molecule has 1 atom stereocenters. The van der Waals surface area contributed by atoms with Gasteiger partial charge < -0.3 is 10.4 Å². The number of halogens is 1. The minimum atomic E-state index is -1.77. The minimum absolute atomic E-state index is 0.120. The summed E-state index contributed by atoms with van der Waals surface area (Å²) in [6.45, 7) is 1.96. The van der Waals surface area contributed by atoms with Crippen molar-refractivity contribution in [2.75, 3.05) is 5.32 Å². The summed E-state index contributed by atoms with van der Waals surface area (Å²) in [4.78, 5) is 13.1. The molecular weight excluding hydrogens is 372 g/mol. The molecule has 0 aliphatic carbocycles. The fraction of sp³-hybridized carbons (Fsp3) is 0.130. The van der Waals surface area contributed by atoms with E-state index in [9.17, 15) is 9.90 Å². The Kier molecular flexibility index (Phi) is 5.79. The number of benzene rings is 3. The van der Waals surface area contributed by atoms with E-state index < -0.39 is 11.5 Å². The second-order valence-corrected chi connectivity index (χ2v) is 7.06. The number of hydrogen-bond acceptors (Lipinski definition) is 3. The van der Waals surface area contributed by atoms with E-state index in [0.717, 1.165) is 11.1 Å². The highest BCUT2D eigenvalue weighted by Crippen LogP contribution is 2.29. The maximum absolute atomic E-state index is 13.1. The molecule has 0 saturated carbocycles. The van der Waals surface area contributed by atoms with Crippen molar-refractivity contribution in [3.8, 4) is 6.07 Å².